The van der Waals surface area contributed by atoms with E-state index in [1.165, 1.54) is 31.2 Å². The Hall–Kier alpha value is -4.94. The number of rotatable bonds is 13. The van der Waals surface area contributed by atoms with E-state index < -0.39 is 71.0 Å². The van der Waals surface area contributed by atoms with E-state index in [2.05, 4.69) is 16.0 Å². The minimum absolute atomic E-state index is 0.0401. The summed E-state index contributed by atoms with van der Waals surface area (Å²) in [5.74, 6) is -3.19. The zero-order valence-electron chi connectivity index (χ0n) is 30.1. The third-order valence-corrected chi connectivity index (χ3v) is 6.42. The molecule has 3 atom stereocenters. The monoisotopic (exact) mass is 681 g/mol. The Morgan fingerprint density at radius 2 is 1.20 bits per heavy atom. The smallest absolute Gasteiger partial charge is 0.329 e. The van der Waals surface area contributed by atoms with Crippen LogP contribution in [-0.2, 0) is 35.1 Å². The summed E-state index contributed by atoms with van der Waals surface area (Å²) in [7, 11) is 0. The summed E-state index contributed by atoms with van der Waals surface area (Å²) in [6, 6.07) is 9.17. The van der Waals surface area contributed by atoms with E-state index in [0.29, 0.717) is 16.9 Å². The van der Waals surface area contributed by atoms with Crippen LogP contribution in [0.3, 0.4) is 0 Å². The second kappa shape index (κ2) is 16.4. The van der Waals surface area contributed by atoms with Gasteiger partial charge in [-0.05, 0) is 99.1 Å². The third kappa shape index (κ3) is 14.8. The Labute approximate surface area is 288 Å². The molecule has 0 unspecified atom stereocenters. The first-order valence-corrected chi connectivity index (χ1v) is 16.0. The standard InChI is InChI=1S/C36H51N5O8/c1-21(39-31(44)24-15-13-23(14-16-24)29(37)38)30(43)40-26(20-28(42)48-35(5,6)7)32(45)41-27(33(46)49-36(8,9)10)19-22-11-17-25(18-12-22)47-34(2,3)4/h11-18,21,26-27H,19-20H2,1-10H3,(H3,37,38)(H,39,44)(H,40,43)(H,41,45)/t21-,26-,27-/m0/s1. The molecule has 0 heterocycles. The van der Waals surface area contributed by atoms with Crippen LogP contribution in [0.25, 0.3) is 0 Å². The summed E-state index contributed by atoms with van der Waals surface area (Å²) in [6.07, 6.45) is -0.514. The number of nitrogen functional groups attached to an aromatic ring is 1. The third-order valence-electron chi connectivity index (χ3n) is 6.42. The fourth-order valence-corrected chi connectivity index (χ4v) is 4.32. The first kappa shape index (κ1) is 40.2. The summed E-state index contributed by atoms with van der Waals surface area (Å²) in [6.45, 7) is 17.3. The van der Waals surface area contributed by atoms with Crippen molar-refractivity contribution >= 4 is 35.5 Å². The molecule has 0 saturated carbocycles. The lowest BCUT2D eigenvalue weighted by molar-refractivity contribution is -0.159. The maximum Gasteiger partial charge on any atom is 0.329 e. The van der Waals surface area contributed by atoms with Crippen molar-refractivity contribution in [1.29, 1.82) is 5.41 Å². The average molecular weight is 682 g/mol. The Bertz CT molecular complexity index is 1500. The van der Waals surface area contributed by atoms with Crippen LogP contribution in [0.2, 0.25) is 0 Å². The van der Waals surface area contributed by atoms with Crippen molar-refractivity contribution in [3.05, 3.63) is 65.2 Å². The van der Waals surface area contributed by atoms with E-state index >= 15 is 0 Å². The van der Waals surface area contributed by atoms with Crippen molar-refractivity contribution < 1.29 is 38.2 Å². The van der Waals surface area contributed by atoms with Gasteiger partial charge in [-0.25, -0.2) is 4.79 Å². The second-order valence-electron chi connectivity index (χ2n) is 14.7. The van der Waals surface area contributed by atoms with Crippen molar-refractivity contribution in [3.8, 4) is 5.75 Å². The molecule has 13 heteroatoms. The highest BCUT2D eigenvalue weighted by atomic mass is 16.6. The minimum atomic E-state index is -1.47. The second-order valence-corrected chi connectivity index (χ2v) is 14.7. The van der Waals surface area contributed by atoms with Gasteiger partial charge < -0.3 is 35.9 Å². The molecule has 0 radical (unpaired) electrons. The Morgan fingerprint density at radius 3 is 1.69 bits per heavy atom. The zero-order chi connectivity index (χ0) is 37.3. The molecule has 2 aromatic rings. The van der Waals surface area contributed by atoms with Gasteiger partial charge in [-0.1, -0.05) is 24.3 Å². The highest BCUT2D eigenvalue weighted by Crippen LogP contribution is 2.20. The van der Waals surface area contributed by atoms with E-state index in [1.54, 1.807) is 65.8 Å². The van der Waals surface area contributed by atoms with E-state index in [4.69, 9.17) is 25.4 Å². The van der Waals surface area contributed by atoms with Crippen LogP contribution < -0.4 is 26.4 Å². The van der Waals surface area contributed by atoms with Gasteiger partial charge in [0.15, 0.2) is 0 Å². The summed E-state index contributed by atoms with van der Waals surface area (Å²) < 4.78 is 16.9. The van der Waals surface area contributed by atoms with Gasteiger partial charge >= 0.3 is 11.9 Å². The van der Waals surface area contributed by atoms with Crippen LogP contribution in [0.5, 0.6) is 5.75 Å². The fourth-order valence-electron chi connectivity index (χ4n) is 4.32. The molecule has 13 nitrogen and oxygen atoms in total. The molecule has 3 amide bonds. The van der Waals surface area contributed by atoms with Gasteiger partial charge in [0.05, 0.1) is 6.42 Å². The molecule has 0 aliphatic carbocycles. The number of benzene rings is 2. The Morgan fingerprint density at radius 1 is 0.694 bits per heavy atom. The quantitative estimate of drug-likeness (QED) is 0.119. The number of hydrogen-bond acceptors (Lipinski definition) is 9. The van der Waals surface area contributed by atoms with Gasteiger partial charge in [0.2, 0.25) is 11.8 Å². The van der Waals surface area contributed by atoms with Crippen molar-refractivity contribution in [1.82, 2.24) is 16.0 Å². The summed E-state index contributed by atoms with van der Waals surface area (Å²) in [5, 5.41) is 15.2. The number of nitrogens with one attached hydrogen (secondary N) is 4. The predicted octanol–water partition coefficient (Wildman–Crippen LogP) is 3.55. The molecule has 2 aromatic carbocycles. The fraction of sp³-hybridized carbons (Fsp3) is 0.500. The molecule has 0 saturated heterocycles. The first-order valence-electron chi connectivity index (χ1n) is 16.0. The Balaban J connectivity index is 2.30. The molecule has 268 valence electrons. The van der Waals surface area contributed by atoms with Crippen LogP contribution in [0.4, 0.5) is 0 Å². The largest absolute Gasteiger partial charge is 0.488 e. The minimum Gasteiger partial charge on any atom is -0.488 e. The van der Waals surface area contributed by atoms with Crippen molar-refractivity contribution in [2.45, 2.75) is 117 Å². The lowest BCUT2D eigenvalue weighted by atomic mass is 10.0. The van der Waals surface area contributed by atoms with Gasteiger partial charge in [0.25, 0.3) is 5.91 Å². The maximum atomic E-state index is 13.7. The maximum absolute atomic E-state index is 13.7. The van der Waals surface area contributed by atoms with E-state index in [0.717, 1.165) is 0 Å². The van der Waals surface area contributed by atoms with Gasteiger partial charge in [-0.3, -0.25) is 24.6 Å². The Kier molecular flexibility index (Phi) is 13.5. The molecule has 0 aromatic heterocycles. The first-order chi connectivity index (χ1) is 22.4. The SMILES string of the molecule is C[C@H](NC(=O)c1ccc(C(=N)N)cc1)C(=O)N[C@@H](CC(=O)OC(C)(C)C)C(=O)N[C@@H](Cc1ccc(OC(C)(C)C)cc1)C(=O)OC(C)(C)C. The normalized spacial score (nSPS) is 13.6. The van der Waals surface area contributed by atoms with Crippen molar-refractivity contribution in [2.75, 3.05) is 0 Å². The molecular weight excluding hydrogens is 630 g/mol. The molecule has 0 aliphatic rings. The molecule has 0 spiro atoms. The van der Waals surface area contributed by atoms with Crippen LogP contribution in [0.1, 0.15) is 97.1 Å². The number of amidine groups is 1. The van der Waals surface area contributed by atoms with E-state index in [9.17, 15) is 24.0 Å². The molecule has 0 fully saturated rings. The molecule has 0 aliphatic heterocycles. The number of esters is 2. The molecule has 2 rings (SSSR count). The van der Waals surface area contributed by atoms with Gasteiger partial charge in [-0.15, -0.1) is 0 Å². The van der Waals surface area contributed by atoms with Crippen LogP contribution in [0, 0.1) is 5.41 Å². The van der Waals surface area contributed by atoms with Gasteiger partial charge in [0, 0.05) is 17.5 Å². The number of ether oxygens (including phenoxy) is 3. The average Bonchev–Trinajstić information content (AvgIpc) is 2.94. The van der Waals surface area contributed by atoms with E-state index in [-0.39, 0.29) is 17.8 Å². The predicted molar refractivity (Wildman–Crippen MR) is 185 cm³/mol. The van der Waals surface area contributed by atoms with Gasteiger partial charge in [0.1, 0.15) is 46.5 Å². The van der Waals surface area contributed by atoms with Crippen LogP contribution in [0.15, 0.2) is 48.5 Å². The highest BCUT2D eigenvalue weighted by molar-refractivity contribution is 6.00. The van der Waals surface area contributed by atoms with Crippen molar-refractivity contribution in [2.24, 2.45) is 5.73 Å². The summed E-state index contributed by atoms with van der Waals surface area (Å²) in [4.78, 5) is 66.0. The van der Waals surface area contributed by atoms with Crippen LogP contribution >= 0.6 is 0 Å². The molecule has 0 bridgehead atoms. The number of carbonyl (C=O) groups excluding carboxylic acids is 5. The number of carbonyl (C=O) groups is 5. The van der Waals surface area contributed by atoms with E-state index in [1.807, 2.05) is 20.8 Å². The lowest BCUT2D eigenvalue weighted by Crippen LogP contribution is -2.56. The number of nitrogens with two attached hydrogens (primary N) is 1. The van der Waals surface area contributed by atoms with Crippen LogP contribution in [-0.4, -0.2) is 70.4 Å². The lowest BCUT2D eigenvalue weighted by Gasteiger charge is -2.27. The topological polar surface area (TPSA) is 199 Å². The summed E-state index contributed by atoms with van der Waals surface area (Å²) >= 11 is 0. The summed E-state index contributed by atoms with van der Waals surface area (Å²) in [5.41, 5.74) is 4.65. The highest BCUT2D eigenvalue weighted by Gasteiger charge is 2.33. The number of amides is 3. The zero-order valence-corrected chi connectivity index (χ0v) is 30.1. The molecule has 6 N–H and O–H groups in total. The van der Waals surface area contributed by atoms with Crippen molar-refractivity contribution in [3.63, 3.8) is 0 Å². The molecule has 49 heavy (non-hydrogen) atoms. The number of hydrogen-bond donors (Lipinski definition) is 5. The molecular formula is C36H51N5O8. The van der Waals surface area contributed by atoms with Gasteiger partial charge in [-0.2, -0.15) is 0 Å².